The Kier molecular flexibility index (Phi) is 34.3. The number of aliphatic hydroxyl groups is 1. The first-order valence-electron chi connectivity index (χ1n) is 32.7. The number of carbonyl (C=O) groups excluding carboxylic acids is 11. The Balaban J connectivity index is 4.50. The van der Waals surface area contributed by atoms with Gasteiger partial charge in [-0.3, -0.25) is 52.7 Å². The molecule has 13 atom stereocenters. The molecule has 23 nitrogen and oxygen atoms in total. The number of amides is 11. The number of allylic oxidation sites excluding steroid dienone is 3. The SMILES string of the molecule is C=CCCCC1C(=O)N(C)[C@@H](CC(C)C)C(=O)N[C@@H](C(C)C)C(=O)N(C)[C@@H](CC(C)C)C(=O)N[C@@H](C)C(=O)N[C@H](C)C(=O)N(C)[C@@H](CC(C)C)C(=O)N(C)[C@@H](CC(C)C)C(=O)N(C)[C@@H](C(C)C)C(=O)N(C)[C@@H]([C@H](O)[C@H](C)C/C=C/C)C(=O)N[C@@H](CC)C(=O)N1C. The zero-order valence-electron chi connectivity index (χ0n) is 59.3. The Hall–Kier alpha value is -6.39. The largest absolute Gasteiger partial charge is 0.390 e. The van der Waals surface area contributed by atoms with Crippen LogP contribution in [0.15, 0.2) is 24.8 Å². The van der Waals surface area contributed by atoms with Crippen LogP contribution in [0.4, 0.5) is 0 Å². The van der Waals surface area contributed by atoms with Gasteiger partial charge in [0.05, 0.1) is 6.10 Å². The van der Waals surface area contributed by atoms with Crippen LogP contribution in [-0.4, -0.2) is 226 Å². The van der Waals surface area contributed by atoms with Gasteiger partial charge in [0.2, 0.25) is 65.0 Å². The molecule has 1 saturated heterocycles. The maximum absolute atomic E-state index is 15.3. The third-order valence-corrected chi connectivity index (χ3v) is 17.3. The van der Waals surface area contributed by atoms with Crippen LogP contribution in [-0.2, 0) is 52.7 Å². The molecule has 1 aliphatic rings. The molecule has 11 amide bonds. The van der Waals surface area contributed by atoms with Crippen LogP contribution < -0.4 is 21.3 Å². The smallest absolute Gasteiger partial charge is 0.246 e. The van der Waals surface area contributed by atoms with Crippen LogP contribution in [0, 0.1) is 41.4 Å². The highest BCUT2D eigenvalue weighted by molar-refractivity contribution is 6.00. The Morgan fingerprint density at radius 2 is 0.856 bits per heavy atom. The van der Waals surface area contributed by atoms with Gasteiger partial charge in [-0.1, -0.05) is 115 Å². The molecule has 5 N–H and O–H groups in total. The average molecular weight is 1270 g/mol. The summed E-state index contributed by atoms with van der Waals surface area (Å²) in [5, 5.41) is 23.4. The van der Waals surface area contributed by atoms with Gasteiger partial charge in [-0.2, -0.15) is 0 Å². The second kappa shape index (κ2) is 37.8. The fourth-order valence-corrected chi connectivity index (χ4v) is 11.6. The number of unbranched alkanes of at least 4 members (excludes halogenated alkanes) is 1. The zero-order valence-corrected chi connectivity index (χ0v) is 59.3. The summed E-state index contributed by atoms with van der Waals surface area (Å²) >= 11 is 0. The van der Waals surface area contributed by atoms with E-state index >= 15 is 24.0 Å². The van der Waals surface area contributed by atoms with Crippen LogP contribution in [0.5, 0.6) is 0 Å². The molecule has 1 aliphatic heterocycles. The molecule has 23 heteroatoms. The van der Waals surface area contributed by atoms with Crippen molar-refractivity contribution in [2.24, 2.45) is 41.4 Å². The summed E-state index contributed by atoms with van der Waals surface area (Å²) in [5.41, 5.74) is 0. The second-order valence-corrected chi connectivity index (χ2v) is 27.5. The highest BCUT2D eigenvalue weighted by Crippen LogP contribution is 2.26. The minimum atomic E-state index is -1.63. The van der Waals surface area contributed by atoms with E-state index in [-0.39, 0.29) is 62.2 Å². The number of rotatable bonds is 19. The number of likely N-dealkylation sites (N-methyl/N-ethyl adjacent to an activating group) is 7. The van der Waals surface area contributed by atoms with Gasteiger partial charge in [-0.05, 0) is 120 Å². The normalized spacial score (nSPS) is 26.9. The summed E-state index contributed by atoms with van der Waals surface area (Å²) in [6.45, 7) is 33.8. The number of nitrogens with one attached hydrogen (secondary N) is 4. The molecule has 514 valence electrons. The van der Waals surface area contributed by atoms with Crippen molar-refractivity contribution in [3.8, 4) is 0 Å². The topological polar surface area (TPSA) is 279 Å². The summed E-state index contributed by atoms with van der Waals surface area (Å²) in [6.07, 6.45) is 5.66. The number of aliphatic hydroxyl groups excluding tert-OH is 1. The molecule has 0 radical (unpaired) electrons. The standard InChI is InChI=1S/C67H119N11O12/c1-26-29-31-33-48-63(86)73(20)50(35-39(6)7)59(82)71-53(42(12)13)66(89)74(21)49(34-38(4)5)58(81)68-45(17)57(80)69-46(18)61(84)75(22)51(36-40(8)9)64(87)76(23)52(37-41(10)11)65(88)77(24)54(43(14)15)67(90)78(25)55(56(79)44(16)32-30-27-2)60(83)70-47(28-3)62(85)72(48)19/h26-27,30,38-56,79H,1,28-29,31-37H2,2-25H3,(H,68,81)(H,69,80)(H,70,83)(H,71,82)/b30-27+/t44-,45+,46-,47+,48?,49+,50+,51+,52+,53+,54+,55+,56-/m1/s1. The summed E-state index contributed by atoms with van der Waals surface area (Å²) in [7, 11) is 10.1. The monoisotopic (exact) mass is 1270 g/mol. The lowest BCUT2D eigenvalue weighted by Gasteiger charge is -2.41. The maximum atomic E-state index is 15.3. The molecule has 0 aliphatic carbocycles. The lowest BCUT2D eigenvalue weighted by Crippen LogP contribution is -2.64. The van der Waals surface area contributed by atoms with E-state index < -0.39 is 155 Å². The van der Waals surface area contributed by atoms with Gasteiger partial charge < -0.3 is 60.7 Å². The zero-order chi connectivity index (χ0) is 69.7. The first-order chi connectivity index (χ1) is 41.7. The quantitative estimate of drug-likeness (QED) is 0.0845. The highest BCUT2D eigenvalue weighted by Gasteiger charge is 2.46. The van der Waals surface area contributed by atoms with Gasteiger partial charge in [0, 0.05) is 49.3 Å². The van der Waals surface area contributed by atoms with Crippen molar-refractivity contribution in [3.05, 3.63) is 24.8 Å². The number of hydrogen-bond donors (Lipinski definition) is 5. The van der Waals surface area contributed by atoms with E-state index in [1.165, 1.54) is 92.6 Å². The Morgan fingerprint density at radius 3 is 1.30 bits per heavy atom. The van der Waals surface area contributed by atoms with Gasteiger partial charge >= 0.3 is 0 Å². The fourth-order valence-electron chi connectivity index (χ4n) is 11.6. The Morgan fingerprint density at radius 1 is 0.456 bits per heavy atom. The molecular formula is C67H119N11O12. The van der Waals surface area contributed by atoms with Gasteiger partial charge in [0.1, 0.15) is 66.5 Å². The van der Waals surface area contributed by atoms with Gasteiger partial charge in [0.15, 0.2) is 0 Å². The minimum absolute atomic E-state index is 0.00836. The van der Waals surface area contributed by atoms with Crippen molar-refractivity contribution < 1.29 is 57.8 Å². The highest BCUT2D eigenvalue weighted by atomic mass is 16.3. The predicted molar refractivity (Wildman–Crippen MR) is 351 cm³/mol. The van der Waals surface area contributed by atoms with E-state index in [0.717, 1.165) is 4.90 Å². The number of hydrogen-bond acceptors (Lipinski definition) is 12. The summed E-state index contributed by atoms with van der Waals surface area (Å²) in [4.78, 5) is 172. The van der Waals surface area contributed by atoms with Crippen molar-refractivity contribution in [1.29, 1.82) is 0 Å². The molecule has 0 spiro atoms. The van der Waals surface area contributed by atoms with Crippen molar-refractivity contribution in [1.82, 2.24) is 55.6 Å². The average Bonchev–Trinajstić information content (AvgIpc) is 0.969. The molecule has 0 aromatic heterocycles. The summed E-state index contributed by atoms with van der Waals surface area (Å²) in [5.74, 6) is -9.76. The molecule has 90 heavy (non-hydrogen) atoms. The molecule has 0 aromatic rings. The third-order valence-electron chi connectivity index (χ3n) is 17.3. The molecule has 0 aromatic carbocycles. The van der Waals surface area contributed by atoms with Gasteiger partial charge in [-0.25, -0.2) is 0 Å². The molecule has 1 heterocycles. The van der Waals surface area contributed by atoms with Crippen LogP contribution in [0.3, 0.4) is 0 Å². The van der Waals surface area contributed by atoms with Crippen LogP contribution in [0.2, 0.25) is 0 Å². The van der Waals surface area contributed by atoms with Crippen LogP contribution in [0.25, 0.3) is 0 Å². The lowest BCUT2D eigenvalue weighted by atomic mass is 9.91. The first-order valence-corrected chi connectivity index (χ1v) is 32.7. The molecule has 0 bridgehead atoms. The van der Waals surface area contributed by atoms with E-state index in [0.29, 0.717) is 19.3 Å². The van der Waals surface area contributed by atoms with Crippen LogP contribution >= 0.6 is 0 Å². The lowest BCUT2D eigenvalue weighted by molar-refractivity contribution is -0.157. The second-order valence-electron chi connectivity index (χ2n) is 27.5. The van der Waals surface area contributed by atoms with E-state index in [1.807, 2.05) is 61.5 Å². The molecule has 1 unspecified atom stereocenters. The van der Waals surface area contributed by atoms with Gasteiger partial charge in [-0.15, -0.1) is 6.58 Å². The van der Waals surface area contributed by atoms with Crippen molar-refractivity contribution >= 4 is 65.0 Å². The Labute approximate surface area is 540 Å². The van der Waals surface area contributed by atoms with Crippen molar-refractivity contribution in [3.63, 3.8) is 0 Å². The van der Waals surface area contributed by atoms with E-state index in [4.69, 9.17) is 0 Å². The van der Waals surface area contributed by atoms with Crippen molar-refractivity contribution in [2.75, 3.05) is 49.3 Å². The molecular weight excluding hydrogens is 1150 g/mol. The Bertz CT molecular complexity index is 2470. The fraction of sp³-hybridized carbons (Fsp3) is 0.776. The first kappa shape index (κ1) is 81.6. The molecule has 1 rings (SSSR count). The number of carbonyl (C=O) groups is 11. The van der Waals surface area contributed by atoms with E-state index in [1.54, 1.807) is 60.6 Å². The number of nitrogens with zero attached hydrogens (tertiary/aromatic N) is 7. The third kappa shape index (κ3) is 22.8. The maximum Gasteiger partial charge on any atom is 0.246 e. The van der Waals surface area contributed by atoms with Crippen molar-refractivity contribution in [2.45, 2.75) is 248 Å². The van der Waals surface area contributed by atoms with E-state index in [2.05, 4.69) is 27.8 Å². The van der Waals surface area contributed by atoms with Gasteiger partial charge in [0.25, 0.3) is 0 Å². The summed E-state index contributed by atoms with van der Waals surface area (Å²) in [6, 6.07) is -13.7. The summed E-state index contributed by atoms with van der Waals surface area (Å²) < 4.78 is 0. The molecule has 0 saturated carbocycles. The predicted octanol–water partition coefficient (Wildman–Crippen LogP) is 4.99. The molecule has 1 fully saturated rings. The van der Waals surface area contributed by atoms with E-state index in [9.17, 15) is 33.9 Å². The minimum Gasteiger partial charge on any atom is -0.390 e. The van der Waals surface area contributed by atoms with Crippen LogP contribution in [0.1, 0.15) is 175 Å².